The van der Waals surface area contributed by atoms with E-state index < -0.39 is 0 Å². The van der Waals surface area contributed by atoms with E-state index in [-0.39, 0.29) is 17.2 Å². The first-order chi connectivity index (χ1) is 11.6. The number of hydrazone groups is 1. The maximum atomic E-state index is 12.1. The molecule has 0 radical (unpaired) electrons. The van der Waals surface area contributed by atoms with Crippen LogP contribution in [0.5, 0.6) is 0 Å². The molecule has 0 unspecified atom stereocenters. The molecule has 24 heavy (non-hydrogen) atoms. The molecule has 0 atom stereocenters. The summed E-state index contributed by atoms with van der Waals surface area (Å²) in [5, 5.41) is 12.7. The second kappa shape index (κ2) is 7.25. The molecular weight excluding hydrogens is 349 g/mol. The Hall–Kier alpha value is -2.70. The molecule has 1 aromatic heterocycles. The summed E-state index contributed by atoms with van der Waals surface area (Å²) in [4.78, 5) is 14.7. The van der Waals surface area contributed by atoms with Gasteiger partial charge in [0.2, 0.25) is 5.95 Å². The number of hydrogen-bond acceptors (Lipinski definition) is 5. The molecule has 2 N–H and O–H groups in total. The number of nitrogens with zero attached hydrogens (tertiary/aromatic N) is 3. The number of benzene rings is 2. The molecule has 0 spiro atoms. The van der Waals surface area contributed by atoms with E-state index in [1.165, 1.54) is 6.21 Å². The molecule has 1 heterocycles. The third-order valence-electron chi connectivity index (χ3n) is 3.11. The summed E-state index contributed by atoms with van der Waals surface area (Å²) in [5.74, 6) is 0.110. The minimum atomic E-state index is -0.371. The standard InChI is InChI=1S/C16H11Cl2N5O/c17-12-7-4-8-13(18)11(12)9-19-22-16-20-15(24)14(21-23-16)10-5-2-1-3-6-10/h1-9H,(H2,20,22,23,24)/b19-9-. The molecule has 6 nitrogen and oxygen atoms in total. The number of anilines is 1. The molecule has 0 saturated heterocycles. The molecule has 0 amide bonds. The van der Waals surface area contributed by atoms with Crippen LogP contribution in [-0.4, -0.2) is 21.4 Å². The third-order valence-corrected chi connectivity index (χ3v) is 3.77. The van der Waals surface area contributed by atoms with Crippen LogP contribution in [0.1, 0.15) is 5.56 Å². The molecular formula is C16H11Cl2N5O. The van der Waals surface area contributed by atoms with E-state index in [2.05, 4.69) is 25.7 Å². The van der Waals surface area contributed by atoms with Gasteiger partial charge in [-0.1, -0.05) is 59.6 Å². The van der Waals surface area contributed by atoms with E-state index >= 15 is 0 Å². The molecule has 2 aromatic carbocycles. The fraction of sp³-hybridized carbons (Fsp3) is 0. The lowest BCUT2D eigenvalue weighted by Crippen LogP contribution is -2.15. The largest absolute Gasteiger partial charge is 0.288 e. The minimum absolute atomic E-state index is 0.110. The fourth-order valence-corrected chi connectivity index (χ4v) is 2.46. The van der Waals surface area contributed by atoms with Crippen molar-refractivity contribution in [2.75, 3.05) is 5.43 Å². The van der Waals surface area contributed by atoms with Crippen molar-refractivity contribution in [1.29, 1.82) is 0 Å². The summed E-state index contributed by atoms with van der Waals surface area (Å²) in [6, 6.07) is 14.2. The van der Waals surface area contributed by atoms with Gasteiger partial charge in [0.25, 0.3) is 5.56 Å². The molecule has 0 aliphatic rings. The SMILES string of the molecule is O=c1[nH]c(N/N=C\c2c(Cl)cccc2Cl)nnc1-c1ccccc1. The highest BCUT2D eigenvalue weighted by Gasteiger charge is 2.06. The van der Waals surface area contributed by atoms with Crippen LogP contribution < -0.4 is 11.0 Å². The van der Waals surface area contributed by atoms with E-state index in [0.717, 1.165) is 0 Å². The number of hydrogen-bond donors (Lipinski definition) is 2. The van der Waals surface area contributed by atoms with Crippen LogP contribution in [0.2, 0.25) is 10.0 Å². The molecule has 8 heteroatoms. The van der Waals surface area contributed by atoms with Crippen LogP contribution >= 0.6 is 23.2 Å². The maximum absolute atomic E-state index is 12.1. The lowest BCUT2D eigenvalue weighted by molar-refractivity contribution is 0.947. The Kier molecular flexibility index (Phi) is 4.88. The summed E-state index contributed by atoms with van der Waals surface area (Å²) in [5.41, 5.74) is 3.70. The first-order valence-corrected chi connectivity index (χ1v) is 7.66. The molecule has 0 fully saturated rings. The van der Waals surface area contributed by atoms with Crippen LogP contribution in [-0.2, 0) is 0 Å². The van der Waals surface area contributed by atoms with E-state index in [0.29, 0.717) is 21.2 Å². The quantitative estimate of drug-likeness (QED) is 0.550. The van der Waals surface area contributed by atoms with Gasteiger partial charge in [-0.3, -0.25) is 9.78 Å². The first kappa shape index (κ1) is 16.2. The van der Waals surface area contributed by atoms with Crippen LogP contribution in [0.15, 0.2) is 58.4 Å². The Morgan fingerprint density at radius 2 is 1.71 bits per heavy atom. The zero-order valence-electron chi connectivity index (χ0n) is 12.2. The second-order valence-corrected chi connectivity index (χ2v) is 5.54. The average molecular weight is 360 g/mol. The van der Waals surface area contributed by atoms with Crippen molar-refractivity contribution in [2.24, 2.45) is 5.10 Å². The highest BCUT2D eigenvalue weighted by molar-refractivity contribution is 6.38. The van der Waals surface area contributed by atoms with Crippen molar-refractivity contribution < 1.29 is 0 Å². The Labute approximate surface area is 147 Å². The molecule has 0 aliphatic heterocycles. The smallest absolute Gasteiger partial charge is 0.279 e. The summed E-state index contributed by atoms with van der Waals surface area (Å²) in [6.45, 7) is 0. The van der Waals surface area contributed by atoms with Gasteiger partial charge in [0.15, 0.2) is 5.69 Å². The Morgan fingerprint density at radius 3 is 2.38 bits per heavy atom. The zero-order chi connectivity index (χ0) is 16.9. The van der Waals surface area contributed by atoms with Gasteiger partial charge in [0.05, 0.1) is 16.3 Å². The topological polar surface area (TPSA) is 83.0 Å². The van der Waals surface area contributed by atoms with E-state index in [4.69, 9.17) is 23.2 Å². The van der Waals surface area contributed by atoms with Gasteiger partial charge in [-0.05, 0) is 12.1 Å². The molecule has 120 valence electrons. The van der Waals surface area contributed by atoms with Crippen molar-refractivity contribution in [2.45, 2.75) is 0 Å². The van der Waals surface area contributed by atoms with E-state index in [9.17, 15) is 4.79 Å². The van der Waals surface area contributed by atoms with Gasteiger partial charge < -0.3 is 0 Å². The van der Waals surface area contributed by atoms with Gasteiger partial charge in [0, 0.05) is 11.1 Å². The Morgan fingerprint density at radius 1 is 1.00 bits per heavy atom. The van der Waals surface area contributed by atoms with Crippen LogP contribution in [0.25, 0.3) is 11.3 Å². The van der Waals surface area contributed by atoms with Gasteiger partial charge >= 0.3 is 0 Å². The van der Waals surface area contributed by atoms with Crippen molar-refractivity contribution in [3.05, 3.63) is 74.5 Å². The normalized spacial score (nSPS) is 10.9. The van der Waals surface area contributed by atoms with Crippen molar-refractivity contribution >= 4 is 35.4 Å². The van der Waals surface area contributed by atoms with Crippen LogP contribution in [0.3, 0.4) is 0 Å². The van der Waals surface area contributed by atoms with Gasteiger partial charge in [-0.15, -0.1) is 10.2 Å². The average Bonchev–Trinajstić information content (AvgIpc) is 2.58. The molecule has 0 aliphatic carbocycles. The predicted octanol–water partition coefficient (Wildman–Crippen LogP) is 3.58. The summed E-state index contributed by atoms with van der Waals surface area (Å²) >= 11 is 12.1. The molecule has 3 aromatic rings. The molecule has 0 bridgehead atoms. The first-order valence-electron chi connectivity index (χ1n) is 6.90. The number of rotatable bonds is 4. The number of aromatic amines is 1. The Bertz CT molecular complexity index is 920. The third kappa shape index (κ3) is 3.61. The van der Waals surface area contributed by atoms with Gasteiger partial charge in [-0.2, -0.15) is 5.10 Å². The zero-order valence-corrected chi connectivity index (χ0v) is 13.7. The Balaban J connectivity index is 1.79. The fourth-order valence-electron chi connectivity index (χ4n) is 1.96. The van der Waals surface area contributed by atoms with Crippen molar-refractivity contribution in [3.63, 3.8) is 0 Å². The summed E-state index contributed by atoms with van der Waals surface area (Å²) < 4.78 is 0. The van der Waals surface area contributed by atoms with Gasteiger partial charge in [-0.25, -0.2) is 5.43 Å². The number of halogens is 2. The van der Waals surface area contributed by atoms with Gasteiger partial charge in [0.1, 0.15) is 0 Å². The second-order valence-electron chi connectivity index (χ2n) is 4.72. The number of aromatic nitrogens is 3. The van der Waals surface area contributed by atoms with Crippen molar-refractivity contribution in [1.82, 2.24) is 15.2 Å². The monoisotopic (exact) mass is 359 g/mol. The predicted molar refractivity (Wildman–Crippen MR) is 95.8 cm³/mol. The van der Waals surface area contributed by atoms with E-state index in [1.807, 2.05) is 18.2 Å². The van der Waals surface area contributed by atoms with E-state index in [1.54, 1.807) is 30.3 Å². The van der Waals surface area contributed by atoms with Crippen LogP contribution in [0, 0.1) is 0 Å². The summed E-state index contributed by atoms with van der Waals surface area (Å²) in [7, 11) is 0. The summed E-state index contributed by atoms with van der Waals surface area (Å²) in [6.07, 6.45) is 1.44. The number of nitrogens with one attached hydrogen (secondary N) is 2. The van der Waals surface area contributed by atoms with Crippen LogP contribution in [0.4, 0.5) is 5.95 Å². The maximum Gasteiger partial charge on any atom is 0.279 e. The lowest BCUT2D eigenvalue weighted by atomic mass is 10.2. The minimum Gasteiger partial charge on any atom is -0.288 e. The molecule has 3 rings (SSSR count). The van der Waals surface area contributed by atoms with Crippen molar-refractivity contribution in [3.8, 4) is 11.3 Å². The lowest BCUT2D eigenvalue weighted by Gasteiger charge is -2.02. The number of H-pyrrole nitrogens is 1. The molecule has 0 saturated carbocycles. The highest BCUT2D eigenvalue weighted by atomic mass is 35.5. The highest BCUT2D eigenvalue weighted by Crippen LogP contribution is 2.22.